The van der Waals surface area contributed by atoms with Crippen LogP contribution >= 0.6 is 0 Å². The lowest BCUT2D eigenvalue weighted by Gasteiger charge is -2.21. The van der Waals surface area contributed by atoms with E-state index in [1.165, 1.54) is 0 Å². The van der Waals surface area contributed by atoms with E-state index in [-0.39, 0.29) is 5.95 Å². The molecular formula is C8H11N5O. The van der Waals surface area contributed by atoms with E-state index < -0.39 is 0 Å². The number of hydrogen-bond donors (Lipinski definition) is 1. The zero-order valence-electron chi connectivity index (χ0n) is 8.06. The summed E-state index contributed by atoms with van der Waals surface area (Å²) in [6.45, 7) is 0.531. The molecule has 0 atom stereocenters. The first-order valence-electron chi connectivity index (χ1n) is 4.15. The van der Waals surface area contributed by atoms with Crippen LogP contribution in [0.2, 0.25) is 0 Å². The SMILES string of the molecule is COc1nc(N)nc2c1CN=CN2C. The van der Waals surface area contributed by atoms with Crippen molar-refractivity contribution in [3.8, 4) is 5.88 Å². The molecule has 0 saturated heterocycles. The first kappa shape index (κ1) is 8.74. The van der Waals surface area contributed by atoms with Crippen molar-refractivity contribution < 1.29 is 4.74 Å². The third-order valence-electron chi connectivity index (χ3n) is 2.00. The molecule has 2 heterocycles. The van der Waals surface area contributed by atoms with Crippen molar-refractivity contribution in [3.63, 3.8) is 0 Å². The van der Waals surface area contributed by atoms with Gasteiger partial charge in [-0.2, -0.15) is 9.97 Å². The van der Waals surface area contributed by atoms with Gasteiger partial charge in [0.25, 0.3) is 0 Å². The Bertz CT molecular complexity index is 390. The highest BCUT2D eigenvalue weighted by Crippen LogP contribution is 2.28. The molecule has 0 amide bonds. The Hall–Kier alpha value is -1.85. The fourth-order valence-electron chi connectivity index (χ4n) is 1.38. The molecular weight excluding hydrogens is 182 g/mol. The Morgan fingerprint density at radius 3 is 3.00 bits per heavy atom. The summed E-state index contributed by atoms with van der Waals surface area (Å²) in [7, 11) is 3.41. The predicted molar refractivity (Wildman–Crippen MR) is 53.6 cm³/mol. The molecule has 2 rings (SSSR count). The van der Waals surface area contributed by atoms with Gasteiger partial charge in [-0.25, -0.2) is 0 Å². The highest BCUT2D eigenvalue weighted by Gasteiger charge is 2.18. The van der Waals surface area contributed by atoms with Gasteiger partial charge in [-0.15, -0.1) is 0 Å². The first-order chi connectivity index (χ1) is 6.72. The normalized spacial score (nSPS) is 14.0. The number of ether oxygens (including phenoxy) is 1. The Morgan fingerprint density at radius 1 is 1.50 bits per heavy atom. The van der Waals surface area contributed by atoms with Gasteiger partial charge >= 0.3 is 0 Å². The molecule has 0 bridgehead atoms. The number of anilines is 2. The summed E-state index contributed by atoms with van der Waals surface area (Å²) in [5.74, 6) is 1.46. The number of fused-ring (bicyclic) bond motifs is 1. The third-order valence-corrected chi connectivity index (χ3v) is 2.00. The van der Waals surface area contributed by atoms with Crippen molar-refractivity contribution >= 4 is 18.1 Å². The van der Waals surface area contributed by atoms with Gasteiger partial charge in [0.15, 0.2) is 0 Å². The number of nitrogen functional groups attached to an aromatic ring is 1. The fourth-order valence-corrected chi connectivity index (χ4v) is 1.38. The number of methoxy groups -OCH3 is 1. The van der Waals surface area contributed by atoms with E-state index in [9.17, 15) is 0 Å². The van der Waals surface area contributed by atoms with Gasteiger partial charge in [0.05, 0.1) is 25.6 Å². The Balaban J connectivity index is 2.58. The minimum Gasteiger partial charge on any atom is -0.481 e. The molecule has 1 aromatic rings. The van der Waals surface area contributed by atoms with Crippen molar-refractivity contribution in [2.45, 2.75) is 6.54 Å². The van der Waals surface area contributed by atoms with Gasteiger partial charge in [0, 0.05) is 7.05 Å². The molecule has 1 aliphatic rings. The maximum Gasteiger partial charge on any atom is 0.225 e. The van der Waals surface area contributed by atoms with E-state index in [1.807, 2.05) is 7.05 Å². The second-order valence-electron chi connectivity index (χ2n) is 2.96. The maximum absolute atomic E-state index is 5.55. The smallest absolute Gasteiger partial charge is 0.225 e. The second kappa shape index (κ2) is 3.13. The summed E-state index contributed by atoms with van der Waals surface area (Å²) in [5, 5.41) is 0. The van der Waals surface area contributed by atoms with Crippen LogP contribution in [0.1, 0.15) is 5.56 Å². The average Bonchev–Trinajstić information content (AvgIpc) is 2.18. The molecule has 14 heavy (non-hydrogen) atoms. The number of aliphatic imine (C=N–C) groups is 1. The van der Waals surface area contributed by atoms with E-state index in [4.69, 9.17) is 10.5 Å². The number of aromatic nitrogens is 2. The van der Waals surface area contributed by atoms with E-state index in [0.29, 0.717) is 12.4 Å². The van der Waals surface area contributed by atoms with Gasteiger partial charge in [-0.3, -0.25) is 4.99 Å². The fraction of sp³-hybridized carbons (Fsp3) is 0.375. The van der Waals surface area contributed by atoms with Crippen molar-refractivity contribution in [1.82, 2.24) is 9.97 Å². The summed E-state index contributed by atoms with van der Waals surface area (Å²) in [6.07, 6.45) is 1.70. The topological polar surface area (TPSA) is 76.6 Å². The van der Waals surface area contributed by atoms with Crippen LogP contribution < -0.4 is 15.4 Å². The molecule has 0 aromatic carbocycles. The Kier molecular flexibility index (Phi) is 1.95. The van der Waals surface area contributed by atoms with Crippen LogP contribution in [0.25, 0.3) is 0 Å². The lowest BCUT2D eigenvalue weighted by molar-refractivity contribution is 0.392. The number of rotatable bonds is 1. The van der Waals surface area contributed by atoms with Crippen LogP contribution in [0.4, 0.5) is 11.8 Å². The van der Waals surface area contributed by atoms with Crippen LogP contribution in [0.5, 0.6) is 5.88 Å². The van der Waals surface area contributed by atoms with E-state index in [0.717, 1.165) is 11.4 Å². The quantitative estimate of drug-likeness (QED) is 0.681. The van der Waals surface area contributed by atoms with Crippen LogP contribution in [-0.2, 0) is 6.54 Å². The summed E-state index contributed by atoms with van der Waals surface area (Å²) in [6, 6.07) is 0. The summed E-state index contributed by atoms with van der Waals surface area (Å²) >= 11 is 0. The molecule has 0 unspecified atom stereocenters. The largest absolute Gasteiger partial charge is 0.481 e. The highest BCUT2D eigenvalue weighted by atomic mass is 16.5. The zero-order chi connectivity index (χ0) is 10.1. The molecule has 0 spiro atoms. The predicted octanol–water partition coefficient (Wildman–Crippen LogP) is 0.0455. The highest BCUT2D eigenvalue weighted by molar-refractivity contribution is 5.81. The summed E-state index contributed by atoms with van der Waals surface area (Å²) in [5.41, 5.74) is 6.41. The standard InChI is InChI=1S/C8H11N5O/c1-13-4-10-3-5-6(13)11-8(9)12-7(5)14-2/h4H,3H2,1-2H3,(H2,9,11,12). The van der Waals surface area contributed by atoms with Crippen molar-refractivity contribution in [2.24, 2.45) is 4.99 Å². The Labute approximate surface area is 81.4 Å². The van der Waals surface area contributed by atoms with Gasteiger partial charge < -0.3 is 15.4 Å². The van der Waals surface area contributed by atoms with Gasteiger partial charge in [-0.05, 0) is 0 Å². The average molecular weight is 193 g/mol. The van der Waals surface area contributed by atoms with Crippen LogP contribution in [-0.4, -0.2) is 30.5 Å². The van der Waals surface area contributed by atoms with E-state index in [2.05, 4.69) is 15.0 Å². The second-order valence-corrected chi connectivity index (χ2v) is 2.96. The molecule has 2 N–H and O–H groups in total. The first-order valence-corrected chi connectivity index (χ1v) is 4.15. The molecule has 74 valence electrons. The lowest BCUT2D eigenvalue weighted by Crippen LogP contribution is -2.22. The molecule has 6 nitrogen and oxygen atoms in total. The summed E-state index contributed by atoms with van der Waals surface area (Å²) in [4.78, 5) is 14.0. The van der Waals surface area contributed by atoms with Crippen LogP contribution in [0, 0.1) is 0 Å². The molecule has 0 fully saturated rings. The van der Waals surface area contributed by atoms with Gasteiger partial charge in [0.1, 0.15) is 5.82 Å². The molecule has 0 aliphatic carbocycles. The monoisotopic (exact) mass is 193 g/mol. The third kappa shape index (κ3) is 1.24. The minimum absolute atomic E-state index is 0.211. The molecule has 1 aromatic heterocycles. The molecule has 6 heteroatoms. The molecule has 0 saturated carbocycles. The van der Waals surface area contributed by atoms with Crippen LogP contribution in [0.15, 0.2) is 4.99 Å². The lowest BCUT2D eigenvalue weighted by atomic mass is 10.2. The van der Waals surface area contributed by atoms with Crippen molar-refractivity contribution in [2.75, 3.05) is 24.8 Å². The number of hydrogen-bond acceptors (Lipinski definition) is 6. The maximum atomic E-state index is 5.55. The number of nitrogens with zero attached hydrogens (tertiary/aromatic N) is 4. The van der Waals surface area contributed by atoms with E-state index in [1.54, 1.807) is 18.3 Å². The van der Waals surface area contributed by atoms with Gasteiger partial charge in [-0.1, -0.05) is 0 Å². The van der Waals surface area contributed by atoms with Crippen molar-refractivity contribution in [1.29, 1.82) is 0 Å². The molecule has 1 aliphatic heterocycles. The van der Waals surface area contributed by atoms with Crippen molar-refractivity contribution in [3.05, 3.63) is 5.56 Å². The van der Waals surface area contributed by atoms with Crippen LogP contribution in [0.3, 0.4) is 0 Å². The number of nitrogens with two attached hydrogens (primary N) is 1. The van der Waals surface area contributed by atoms with Gasteiger partial charge in [0.2, 0.25) is 11.8 Å². The zero-order valence-corrected chi connectivity index (χ0v) is 8.06. The molecule has 0 radical (unpaired) electrons. The summed E-state index contributed by atoms with van der Waals surface area (Å²) < 4.78 is 5.11. The van der Waals surface area contributed by atoms with E-state index >= 15 is 0 Å². The minimum atomic E-state index is 0.211. The Morgan fingerprint density at radius 2 is 2.29 bits per heavy atom.